The van der Waals surface area contributed by atoms with E-state index in [2.05, 4.69) is 6.07 Å². The van der Waals surface area contributed by atoms with Crippen molar-refractivity contribution < 1.29 is 4.74 Å². The van der Waals surface area contributed by atoms with Crippen LogP contribution in [0.2, 0.25) is 5.02 Å². The van der Waals surface area contributed by atoms with Gasteiger partial charge in [0.25, 0.3) is 0 Å². The summed E-state index contributed by atoms with van der Waals surface area (Å²) < 4.78 is 5.10. The number of anilines is 1. The van der Waals surface area contributed by atoms with E-state index in [1.807, 2.05) is 37.1 Å². The smallest absolute Gasteiger partial charge is 0.137 e. The molecule has 0 amide bonds. The zero-order valence-electron chi connectivity index (χ0n) is 10.4. The van der Waals surface area contributed by atoms with Crippen molar-refractivity contribution in [3.8, 4) is 11.8 Å². The molecular formula is C13H17ClN2O. The predicted octanol–water partition coefficient (Wildman–Crippen LogP) is 3.33. The van der Waals surface area contributed by atoms with E-state index in [4.69, 9.17) is 21.6 Å². The number of hydrogen-bond donors (Lipinski definition) is 0. The molecule has 0 aliphatic heterocycles. The van der Waals surface area contributed by atoms with Gasteiger partial charge in [0.1, 0.15) is 5.75 Å². The molecule has 4 heteroatoms. The first-order chi connectivity index (χ1) is 8.12. The second kappa shape index (κ2) is 6.36. The van der Waals surface area contributed by atoms with Crippen LogP contribution >= 0.6 is 11.6 Å². The van der Waals surface area contributed by atoms with Crippen molar-refractivity contribution in [2.75, 3.05) is 25.6 Å². The molecule has 0 fully saturated rings. The van der Waals surface area contributed by atoms with E-state index in [0.717, 1.165) is 12.1 Å². The first-order valence-corrected chi connectivity index (χ1v) is 5.94. The summed E-state index contributed by atoms with van der Waals surface area (Å²) in [6.45, 7) is 2.72. The lowest BCUT2D eigenvalue weighted by Crippen LogP contribution is -2.24. The van der Waals surface area contributed by atoms with Crippen molar-refractivity contribution >= 4 is 17.3 Å². The number of halogens is 1. The van der Waals surface area contributed by atoms with Crippen LogP contribution in [0.25, 0.3) is 0 Å². The number of benzene rings is 1. The van der Waals surface area contributed by atoms with Crippen LogP contribution in [-0.4, -0.2) is 20.7 Å². The fraction of sp³-hybridized carbons (Fsp3) is 0.462. The predicted molar refractivity (Wildman–Crippen MR) is 70.7 cm³/mol. The molecule has 0 spiro atoms. The van der Waals surface area contributed by atoms with Crippen molar-refractivity contribution in [1.29, 1.82) is 5.26 Å². The van der Waals surface area contributed by atoms with E-state index in [1.54, 1.807) is 7.11 Å². The molecule has 0 aliphatic rings. The van der Waals surface area contributed by atoms with Crippen LogP contribution in [0.5, 0.6) is 5.75 Å². The summed E-state index contributed by atoms with van der Waals surface area (Å²) in [6, 6.07) is 7.92. The largest absolute Gasteiger partial charge is 0.495 e. The summed E-state index contributed by atoms with van der Waals surface area (Å²) >= 11 is 6.06. The third-order valence-corrected chi connectivity index (χ3v) is 3.04. The molecule has 1 rings (SSSR count). The molecule has 0 saturated heterocycles. The maximum Gasteiger partial charge on any atom is 0.137 e. The Kier molecular flexibility index (Phi) is 5.11. The first-order valence-electron chi connectivity index (χ1n) is 5.56. The molecule has 0 N–H and O–H groups in total. The second-order valence-corrected chi connectivity index (χ2v) is 4.34. The number of nitrogens with zero attached hydrogens (tertiary/aromatic N) is 2. The standard InChI is InChI=1S/C13H17ClN2O/c1-4-10(8-15)9-16(2)11-5-6-13(17-3)12(14)7-11/h5-7,10H,4,9H2,1-3H3. The Labute approximate surface area is 108 Å². The lowest BCUT2D eigenvalue weighted by atomic mass is 10.1. The molecule has 0 saturated carbocycles. The maximum atomic E-state index is 8.94. The second-order valence-electron chi connectivity index (χ2n) is 3.93. The molecule has 1 atom stereocenters. The number of nitriles is 1. The fourth-order valence-corrected chi connectivity index (χ4v) is 1.84. The molecule has 17 heavy (non-hydrogen) atoms. The van der Waals surface area contributed by atoms with E-state index < -0.39 is 0 Å². The van der Waals surface area contributed by atoms with Crippen LogP contribution < -0.4 is 9.64 Å². The average Bonchev–Trinajstić information content (AvgIpc) is 2.35. The molecule has 1 aromatic rings. The van der Waals surface area contributed by atoms with Gasteiger partial charge < -0.3 is 9.64 Å². The van der Waals surface area contributed by atoms with Crippen LogP contribution in [0.1, 0.15) is 13.3 Å². The molecule has 92 valence electrons. The van der Waals surface area contributed by atoms with Crippen molar-refractivity contribution in [2.24, 2.45) is 5.92 Å². The van der Waals surface area contributed by atoms with Gasteiger partial charge in [-0.25, -0.2) is 0 Å². The van der Waals surface area contributed by atoms with Gasteiger partial charge in [0, 0.05) is 19.3 Å². The van der Waals surface area contributed by atoms with Gasteiger partial charge in [-0.3, -0.25) is 0 Å². The Bertz CT molecular complexity index is 414. The van der Waals surface area contributed by atoms with Gasteiger partial charge in [-0.05, 0) is 24.6 Å². The van der Waals surface area contributed by atoms with Crippen LogP contribution in [-0.2, 0) is 0 Å². The van der Waals surface area contributed by atoms with Gasteiger partial charge in [-0.1, -0.05) is 18.5 Å². The van der Waals surface area contributed by atoms with Gasteiger partial charge in [0.05, 0.1) is 24.1 Å². The lowest BCUT2D eigenvalue weighted by molar-refractivity contribution is 0.415. The fourth-order valence-electron chi connectivity index (χ4n) is 1.59. The quantitative estimate of drug-likeness (QED) is 0.807. The average molecular weight is 253 g/mol. The van der Waals surface area contributed by atoms with Crippen LogP contribution in [0.3, 0.4) is 0 Å². The van der Waals surface area contributed by atoms with E-state index in [9.17, 15) is 0 Å². The van der Waals surface area contributed by atoms with E-state index in [0.29, 0.717) is 17.3 Å². The van der Waals surface area contributed by atoms with Crippen LogP contribution in [0.4, 0.5) is 5.69 Å². The third kappa shape index (κ3) is 3.54. The van der Waals surface area contributed by atoms with Crippen LogP contribution in [0.15, 0.2) is 18.2 Å². The zero-order valence-corrected chi connectivity index (χ0v) is 11.2. The molecule has 3 nitrogen and oxygen atoms in total. The lowest BCUT2D eigenvalue weighted by Gasteiger charge is -2.22. The summed E-state index contributed by atoms with van der Waals surface area (Å²) in [7, 11) is 3.55. The minimum Gasteiger partial charge on any atom is -0.495 e. The number of ether oxygens (including phenoxy) is 1. The Morgan fingerprint density at radius 1 is 1.53 bits per heavy atom. The van der Waals surface area contributed by atoms with E-state index in [-0.39, 0.29) is 5.92 Å². The Hall–Kier alpha value is -1.40. The van der Waals surface area contributed by atoms with Crippen LogP contribution in [0, 0.1) is 17.2 Å². The number of rotatable bonds is 5. The normalized spacial score (nSPS) is 11.7. The Morgan fingerprint density at radius 2 is 2.24 bits per heavy atom. The maximum absolute atomic E-state index is 8.94. The number of hydrogen-bond acceptors (Lipinski definition) is 3. The summed E-state index contributed by atoms with van der Waals surface area (Å²) in [5, 5.41) is 9.52. The molecule has 0 radical (unpaired) electrons. The zero-order chi connectivity index (χ0) is 12.8. The molecule has 0 bridgehead atoms. The molecular weight excluding hydrogens is 236 g/mol. The highest BCUT2D eigenvalue weighted by atomic mass is 35.5. The summed E-state index contributed by atoms with van der Waals surface area (Å²) in [5.74, 6) is 0.706. The number of methoxy groups -OCH3 is 1. The Morgan fingerprint density at radius 3 is 2.71 bits per heavy atom. The monoisotopic (exact) mass is 252 g/mol. The van der Waals surface area contributed by atoms with Crippen molar-refractivity contribution in [3.05, 3.63) is 23.2 Å². The summed E-state index contributed by atoms with van der Waals surface area (Å²) in [4.78, 5) is 2.03. The van der Waals surface area contributed by atoms with Crippen molar-refractivity contribution in [1.82, 2.24) is 0 Å². The highest BCUT2D eigenvalue weighted by Crippen LogP contribution is 2.29. The van der Waals surface area contributed by atoms with Gasteiger partial charge in [-0.2, -0.15) is 5.26 Å². The summed E-state index contributed by atoms with van der Waals surface area (Å²) in [5.41, 5.74) is 0.990. The molecule has 0 heterocycles. The Balaban J connectivity index is 2.79. The molecule has 0 aliphatic carbocycles. The van der Waals surface area contributed by atoms with Crippen molar-refractivity contribution in [2.45, 2.75) is 13.3 Å². The van der Waals surface area contributed by atoms with Gasteiger partial charge in [-0.15, -0.1) is 0 Å². The topological polar surface area (TPSA) is 36.3 Å². The third-order valence-electron chi connectivity index (χ3n) is 2.75. The van der Waals surface area contributed by atoms with Gasteiger partial charge in [0.15, 0.2) is 0 Å². The van der Waals surface area contributed by atoms with Gasteiger partial charge >= 0.3 is 0 Å². The van der Waals surface area contributed by atoms with Gasteiger partial charge in [0.2, 0.25) is 0 Å². The van der Waals surface area contributed by atoms with E-state index >= 15 is 0 Å². The molecule has 1 aromatic carbocycles. The highest BCUT2D eigenvalue weighted by molar-refractivity contribution is 6.32. The summed E-state index contributed by atoms with van der Waals surface area (Å²) in [6.07, 6.45) is 0.852. The van der Waals surface area contributed by atoms with Crippen molar-refractivity contribution in [3.63, 3.8) is 0 Å². The minimum atomic E-state index is 0.0425. The molecule has 0 aromatic heterocycles. The highest BCUT2D eigenvalue weighted by Gasteiger charge is 2.10. The SMILES string of the molecule is CCC(C#N)CN(C)c1ccc(OC)c(Cl)c1. The minimum absolute atomic E-state index is 0.0425. The molecule has 1 unspecified atom stereocenters. The first kappa shape index (κ1) is 13.7. The van der Waals surface area contributed by atoms with E-state index in [1.165, 1.54) is 0 Å².